The Balaban J connectivity index is 1.84. The van der Waals surface area contributed by atoms with Gasteiger partial charge in [0.1, 0.15) is 5.82 Å². The average molecular weight is 562 g/mol. The van der Waals surface area contributed by atoms with Crippen LogP contribution in [0, 0.1) is 18.7 Å². The Morgan fingerprint density at radius 2 is 1.94 bits per heavy atom. The van der Waals surface area contributed by atoms with Crippen LogP contribution in [0.4, 0.5) is 4.39 Å². The van der Waals surface area contributed by atoms with Crippen LogP contribution in [0.15, 0.2) is 55.0 Å². The van der Waals surface area contributed by atoms with Crippen molar-refractivity contribution in [2.75, 3.05) is 18.1 Å². The number of alkyl halides is 1. The lowest BCUT2D eigenvalue weighted by atomic mass is 9.93. The fraction of sp³-hybridized carbons (Fsp3) is 0.360. The topological polar surface area (TPSA) is 68.2 Å². The highest BCUT2D eigenvalue weighted by molar-refractivity contribution is 14.1. The molecule has 0 fully saturated rings. The quantitative estimate of drug-likeness (QED) is 0.246. The second-order valence-electron chi connectivity index (χ2n) is 7.88. The van der Waals surface area contributed by atoms with Gasteiger partial charge in [-0.25, -0.2) is 19.3 Å². The summed E-state index contributed by atoms with van der Waals surface area (Å²) in [6, 6.07) is 10.3. The molecule has 0 spiro atoms. The number of benzene rings is 1. The zero-order valence-corrected chi connectivity index (χ0v) is 21.2. The molecule has 174 valence electrons. The second kappa shape index (κ2) is 12.0. The van der Waals surface area contributed by atoms with Crippen molar-refractivity contribution < 1.29 is 13.9 Å². The summed E-state index contributed by atoms with van der Waals surface area (Å²) in [6.45, 7) is 4.43. The molecule has 1 aromatic carbocycles. The smallest absolute Gasteiger partial charge is 0.254 e. The second-order valence-corrected chi connectivity index (χ2v) is 8.96. The largest absolute Gasteiger partial charge is 0.477 e. The Morgan fingerprint density at radius 3 is 2.58 bits per heavy atom. The van der Waals surface area contributed by atoms with Gasteiger partial charge in [0, 0.05) is 43.0 Å². The molecule has 0 bridgehead atoms. The van der Waals surface area contributed by atoms with Gasteiger partial charge in [0.25, 0.3) is 5.91 Å². The number of aryl methyl sites for hydroxylation is 1. The van der Waals surface area contributed by atoms with E-state index in [9.17, 15) is 9.18 Å². The van der Waals surface area contributed by atoms with Gasteiger partial charge in [-0.3, -0.25) is 4.79 Å². The van der Waals surface area contributed by atoms with E-state index in [0.29, 0.717) is 29.4 Å². The lowest BCUT2D eigenvalue weighted by molar-refractivity contribution is 0.0614. The molecule has 8 heteroatoms. The third-order valence-corrected chi connectivity index (χ3v) is 6.24. The SMILES string of the molecule is CCC(C(CCI)COc1ccc(F)cn1)N(C)C(=O)c1cc(C)ccc1-c1ncccn1. The number of ether oxygens (including phenoxy) is 1. The Hall–Kier alpha value is -2.62. The van der Waals surface area contributed by atoms with E-state index in [1.807, 2.05) is 32.2 Å². The third-order valence-electron chi connectivity index (χ3n) is 5.62. The van der Waals surface area contributed by atoms with E-state index >= 15 is 0 Å². The summed E-state index contributed by atoms with van der Waals surface area (Å²) < 4.78 is 19.9. The predicted molar refractivity (Wildman–Crippen MR) is 135 cm³/mol. The van der Waals surface area contributed by atoms with Crippen LogP contribution < -0.4 is 4.74 Å². The molecule has 0 radical (unpaired) electrons. The van der Waals surface area contributed by atoms with Crippen LogP contribution in [0.5, 0.6) is 5.88 Å². The molecule has 0 aliphatic heterocycles. The van der Waals surface area contributed by atoms with Gasteiger partial charge in [-0.15, -0.1) is 0 Å². The fourth-order valence-corrected chi connectivity index (χ4v) is 4.70. The van der Waals surface area contributed by atoms with Crippen molar-refractivity contribution in [1.82, 2.24) is 19.9 Å². The summed E-state index contributed by atoms with van der Waals surface area (Å²) in [5.74, 6) is 0.511. The van der Waals surface area contributed by atoms with Crippen molar-refractivity contribution in [2.45, 2.75) is 32.7 Å². The first-order chi connectivity index (χ1) is 15.9. The number of hydrogen-bond donors (Lipinski definition) is 0. The lowest BCUT2D eigenvalue weighted by Crippen LogP contribution is -2.44. The molecule has 2 atom stereocenters. The molecule has 0 saturated carbocycles. The number of carbonyl (C=O) groups excluding carboxylic acids is 1. The molecular formula is C25H28FIN4O2. The van der Waals surface area contributed by atoms with Crippen LogP contribution in [-0.4, -0.2) is 49.9 Å². The summed E-state index contributed by atoms with van der Waals surface area (Å²) in [5.41, 5.74) is 2.29. The maximum Gasteiger partial charge on any atom is 0.254 e. The molecule has 2 unspecified atom stereocenters. The molecule has 0 aliphatic rings. The molecule has 2 heterocycles. The third kappa shape index (κ3) is 6.46. The minimum absolute atomic E-state index is 0.0437. The summed E-state index contributed by atoms with van der Waals surface area (Å²) >= 11 is 2.34. The molecule has 6 nitrogen and oxygen atoms in total. The highest BCUT2D eigenvalue weighted by Gasteiger charge is 2.29. The number of rotatable bonds is 10. The molecule has 33 heavy (non-hydrogen) atoms. The number of nitrogens with zero attached hydrogens (tertiary/aromatic N) is 4. The Labute approximate surface area is 207 Å². The van der Waals surface area contributed by atoms with Gasteiger partial charge in [-0.1, -0.05) is 47.2 Å². The van der Waals surface area contributed by atoms with E-state index < -0.39 is 5.82 Å². The monoisotopic (exact) mass is 562 g/mol. The summed E-state index contributed by atoms with van der Waals surface area (Å²) in [6.07, 6.45) is 6.13. The highest BCUT2D eigenvalue weighted by Crippen LogP contribution is 2.26. The molecule has 1 amide bonds. The van der Waals surface area contributed by atoms with E-state index in [4.69, 9.17) is 4.74 Å². The van der Waals surface area contributed by atoms with E-state index in [2.05, 4.69) is 44.5 Å². The minimum Gasteiger partial charge on any atom is -0.477 e. The number of hydrogen-bond acceptors (Lipinski definition) is 5. The first-order valence-corrected chi connectivity index (χ1v) is 12.4. The number of aromatic nitrogens is 3. The maximum absolute atomic E-state index is 13.7. The molecule has 3 rings (SSSR count). The molecule has 2 aromatic heterocycles. The first-order valence-electron chi connectivity index (χ1n) is 10.9. The van der Waals surface area contributed by atoms with Crippen molar-refractivity contribution in [1.29, 1.82) is 0 Å². The van der Waals surface area contributed by atoms with E-state index in [1.54, 1.807) is 23.4 Å². The van der Waals surface area contributed by atoms with Crippen molar-refractivity contribution in [3.05, 3.63) is 71.9 Å². The zero-order chi connectivity index (χ0) is 23.8. The average Bonchev–Trinajstić information content (AvgIpc) is 2.84. The Morgan fingerprint density at radius 1 is 1.18 bits per heavy atom. The van der Waals surface area contributed by atoms with Crippen molar-refractivity contribution in [3.63, 3.8) is 0 Å². The molecule has 0 N–H and O–H groups in total. The number of halogens is 2. The summed E-state index contributed by atoms with van der Waals surface area (Å²) in [5, 5.41) is 0. The molecule has 0 saturated heterocycles. The van der Waals surface area contributed by atoms with Crippen LogP contribution in [0.3, 0.4) is 0 Å². The van der Waals surface area contributed by atoms with Gasteiger partial charge in [-0.05, 0) is 42.4 Å². The van der Waals surface area contributed by atoms with Crippen molar-refractivity contribution >= 4 is 28.5 Å². The lowest BCUT2D eigenvalue weighted by Gasteiger charge is -2.34. The summed E-state index contributed by atoms with van der Waals surface area (Å²) in [7, 11) is 1.84. The minimum atomic E-state index is -0.403. The number of carbonyl (C=O) groups is 1. The number of amides is 1. The maximum atomic E-state index is 13.7. The predicted octanol–water partition coefficient (Wildman–Crippen LogP) is 5.36. The van der Waals surface area contributed by atoms with Gasteiger partial charge < -0.3 is 9.64 Å². The van der Waals surface area contributed by atoms with Gasteiger partial charge in [0.15, 0.2) is 5.82 Å². The van der Waals surface area contributed by atoms with E-state index in [0.717, 1.165) is 29.0 Å². The van der Waals surface area contributed by atoms with Crippen LogP contribution in [-0.2, 0) is 0 Å². The van der Waals surface area contributed by atoms with E-state index in [1.165, 1.54) is 12.1 Å². The van der Waals surface area contributed by atoms with Gasteiger partial charge >= 0.3 is 0 Å². The van der Waals surface area contributed by atoms with E-state index in [-0.39, 0.29) is 17.9 Å². The molecule has 0 aliphatic carbocycles. The van der Waals surface area contributed by atoms with Crippen molar-refractivity contribution in [3.8, 4) is 17.3 Å². The van der Waals surface area contributed by atoms with Crippen molar-refractivity contribution in [2.24, 2.45) is 5.92 Å². The van der Waals surface area contributed by atoms with Gasteiger partial charge in [0.05, 0.1) is 18.4 Å². The van der Waals surface area contributed by atoms with Crippen LogP contribution >= 0.6 is 22.6 Å². The normalized spacial score (nSPS) is 12.8. The first kappa shape index (κ1) is 25.0. The van der Waals surface area contributed by atoms with Crippen LogP contribution in [0.2, 0.25) is 0 Å². The Bertz CT molecular complexity index is 1050. The zero-order valence-electron chi connectivity index (χ0n) is 19.0. The standard InChI is InChI=1S/C25H28FIN4O2/c1-4-22(18(10-11-27)16-33-23-9-7-19(26)15-30-23)31(3)25(32)21-14-17(2)6-8-20(21)24-28-12-5-13-29-24/h5-9,12-15,18,22H,4,10-11,16H2,1-3H3. The number of pyridine rings is 1. The summed E-state index contributed by atoms with van der Waals surface area (Å²) in [4.78, 5) is 28.2. The molecule has 3 aromatic rings. The van der Waals surface area contributed by atoms with Crippen LogP contribution in [0.1, 0.15) is 35.7 Å². The highest BCUT2D eigenvalue weighted by atomic mass is 127. The fourth-order valence-electron chi connectivity index (χ4n) is 3.90. The Kier molecular flexibility index (Phi) is 9.11. The molecular weight excluding hydrogens is 534 g/mol. The van der Waals surface area contributed by atoms with Crippen LogP contribution in [0.25, 0.3) is 11.4 Å². The van der Waals surface area contributed by atoms with Gasteiger partial charge in [0.2, 0.25) is 5.88 Å². The van der Waals surface area contributed by atoms with Gasteiger partial charge in [-0.2, -0.15) is 0 Å².